The van der Waals surface area contributed by atoms with E-state index in [9.17, 15) is 4.79 Å². The normalized spacial score (nSPS) is 11.3. The molecular formula is C7H13NO. The Morgan fingerprint density at radius 3 is 2.00 bits per heavy atom. The number of carbonyl (C=O) groups excluding carboxylic acids is 1. The van der Waals surface area contributed by atoms with E-state index in [1.54, 1.807) is 19.0 Å². The highest BCUT2D eigenvalue weighted by molar-refractivity contribution is 5.92. The van der Waals surface area contributed by atoms with Gasteiger partial charge in [-0.05, 0) is 13.8 Å². The van der Waals surface area contributed by atoms with E-state index >= 15 is 0 Å². The number of likely N-dealkylation sites (N-methyl/N-ethyl adjacent to an activating group) is 1. The quantitative estimate of drug-likeness (QED) is 0.482. The Morgan fingerprint density at radius 2 is 1.89 bits per heavy atom. The monoisotopic (exact) mass is 127 g/mol. The lowest BCUT2D eigenvalue weighted by Crippen LogP contribution is -2.22. The minimum Gasteiger partial charge on any atom is -0.345 e. The molecule has 0 aromatic carbocycles. The molecule has 0 bridgehead atoms. The van der Waals surface area contributed by atoms with E-state index in [4.69, 9.17) is 0 Å². The van der Waals surface area contributed by atoms with Gasteiger partial charge >= 0.3 is 0 Å². The summed E-state index contributed by atoms with van der Waals surface area (Å²) in [4.78, 5) is 12.5. The summed E-state index contributed by atoms with van der Waals surface area (Å²) < 4.78 is 0. The fraction of sp³-hybridized carbons (Fsp3) is 0.571. The van der Waals surface area contributed by atoms with Gasteiger partial charge in [0.25, 0.3) is 0 Å². The van der Waals surface area contributed by atoms with Crippen LogP contribution in [0.2, 0.25) is 0 Å². The van der Waals surface area contributed by atoms with Crippen molar-refractivity contribution in [1.29, 1.82) is 0 Å². The third-order valence-corrected chi connectivity index (χ3v) is 1.18. The zero-order valence-corrected chi connectivity index (χ0v) is 6.43. The Hall–Kier alpha value is -0.790. The van der Waals surface area contributed by atoms with Crippen LogP contribution in [-0.2, 0) is 4.79 Å². The summed E-state index contributed by atoms with van der Waals surface area (Å²) >= 11 is 0. The summed E-state index contributed by atoms with van der Waals surface area (Å²) in [7, 11) is 3.49. The van der Waals surface area contributed by atoms with Crippen LogP contribution in [0.4, 0.5) is 0 Å². The van der Waals surface area contributed by atoms with Gasteiger partial charge < -0.3 is 4.90 Å². The molecule has 0 aliphatic carbocycles. The maximum atomic E-state index is 10.9. The Kier molecular flexibility index (Phi) is 2.99. The molecule has 2 nitrogen and oxygen atoms in total. The first kappa shape index (κ1) is 8.21. The molecule has 0 fully saturated rings. The molecule has 0 aliphatic heterocycles. The zero-order valence-electron chi connectivity index (χ0n) is 6.43. The fourth-order valence-electron chi connectivity index (χ4n) is 0.476. The van der Waals surface area contributed by atoms with E-state index in [1.807, 2.05) is 19.9 Å². The molecule has 0 aromatic heterocycles. The highest BCUT2D eigenvalue weighted by atomic mass is 16.2. The van der Waals surface area contributed by atoms with Crippen LogP contribution in [0.3, 0.4) is 0 Å². The largest absolute Gasteiger partial charge is 0.345 e. The second-order valence-corrected chi connectivity index (χ2v) is 2.17. The Labute approximate surface area is 56.2 Å². The van der Waals surface area contributed by atoms with E-state index in [-0.39, 0.29) is 5.91 Å². The standard InChI is InChI=1S/C7H13NO/c1-5-6(2)7(9)8(3)4/h5H,1-4H3. The zero-order chi connectivity index (χ0) is 7.44. The van der Waals surface area contributed by atoms with Gasteiger partial charge in [0.05, 0.1) is 0 Å². The minimum absolute atomic E-state index is 0.0810. The Balaban J connectivity index is 4.06. The summed E-state index contributed by atoms with van der Waals surface area (Å²) in [5.41, 5.74) is 0.792. The predicted octanol–water partition coefficient (Wildman–Crippen LogP) is 1.04. The molecule has 0 unspecified atom stereocenters. The van der Waals surface area contributed by atoms with Crippen LogP contribution in [0.1, 0.15) is 13.8 Å². The summed E-state index contributed by atoms with van der Waals surface area (Å²) in [6.45, 7) is 3.67. The lowest BCUT2D eigenvalue weighted by molar-refractivity contribution is -0.124. The predicted molar refractivity (Wildman–Crippen MR) is 38.1 cm³/mol. The molecule has 2 heteroatoms. The van der Waals surface area contributed by atoms with Crippen molar-refractivity contribution in [3.8, 4) is 0 Å². The number of hydrogen-bond acceptors (Lipinski definition) is 1. The number of nitrogens with zero attached hydrogens (tertiary/aromatic N) is 1. The molecule has 0 atom stereocenters. The van der Waals surface area contributed by atoms with Gasteiger partial charge in [0.1, 0.15) is 0 Å². The first-order valence-electron chi connectivity index (χ1n) is 2.94. The maximum Gasteiger partial charge on any atom is 0.248 e. The molecule has 0 saturated carbocycles. The van der Waals surface area contributed by atoms with Crippen LogP contribution in [0, 0.1) is 0 Å². The van der Waals surface area contributed by atoms with E-state index < -0.39 is 0 Å². The van der Waals surface area contributed by atoms with E-state index in [0.29, 0.717) is 0 Å². The smallest absolute Gasteiger partial charge is 0.248 e. The number of amides is 1. The second kappa shape index (κ2) is 3.28. The van der Waals surface area contributed by atoms with Crippen molar-refractivity contribution in [3.05, 3.63) is 11.6 Å². The SMILES string of the molecule is CC=C(C)C(=O)N(C)C. The lowest BCUT2D eigenvalue weighted by atomic mass is 10.3. The first-order valence-corrected chi connectivity index (χ1v) is 2.94. The van der Waals surface area contributed by atoms with Gasteiger partial charge in [0.15, 0.2) is 0 Å². The Morgan fingerprint density at radius 1 is 1.44 bits per heavy atom. The van der Waals surface area contributed by atoms with Crippen LogP contribution in [0.15, 0.2) is 11.6 Å². The van der Waals surface area contributed by atoms with Crippen molar-refractivity contribution in [2.45, 2.75) is 13.8 Å². The topological polar surface area (TPSA) is 20.3 Å². The number of carbonyl (C=O) groups is 1. The molecule has 0 N–H and O–H groups in total. The highest BCUT2D eigenvalue weighted by Crippen LogP contribution is 1.94. The van der Waals surface area contributed by atoms with E-state index in [2.05, 4.69) is 0 Å². The van der Waals surface area contributed by atoms with Crippen molar-refractivity contribution >= 4 is 5.91 Å². The van der Waals surface area contributed by atoms with Crippen LogP contribution in [-0.4, -0.2) is 24.9 Å². The molecule has 0 spiro atoms. The van der Waals surface area contributed by atoms with Gasteiger partial charge in [-0.25, -0.2) is 0 Å². The first-order chi connectivity index (χ1) is 4.09. The molecule has 0 aliphatic rings. The van der Waals surface area contributed by atoms with Crippen molar-refractivity contribution in [1.82, 2.24) is 4.90 Å². The molecule has 52 valence electrons. The lowest BCUT2D eigenvalue weighted by Gasteiger charge is -2.08. The van der Waals surface area contributed by atoms with Crippen LogP contribution >= 0.6 is 0 Å². The third-order valence-electron chi connectivity index (χ3n) is 1.18. The summed E-state index contributed by atoms with van der Waals surface area (Å²) in [5, 5.41) is 0. The number of allylic oxidation sites excluding steroid dienone is 1. The van der Waals surface area contributed by atoms with Gasteiger partial charge in [0.2, 0.25) is 5.91 Å². The molecule has 0 aromatic rings. The molecule has 0 rings (SSSR count). The van der Waals surface area contributed by atoms with Gasteiger partial charge in [-0.3, -0.25) is 4.79 Å². The number of hydrogen-bond donors (Lipinski definition) is 0. The average Bonchev–Trinajstić information content (AvgIpc) is 1.84. The van der Waals surface area contributed by atoms with Crippen LogP contribution in [0.5, 0.6) is 0 Å². The molecule has 1 amide bonds. The summed E-state index contributed by atoms with van der Waals surface area (Å²) in [6, 6.07) is 0. The van der Waals surface area contributed by atoms with Crippen molar-refractivity contribution in [3.63, 3.8) is 0 Å². The summed E-state index contributed by atoms with van der Waals surface area (Å²) in [6.07, 6.45) is 1.81. The molecule has 0 radical (unpaired) electrons. The van der Waals surface area contributed by atoms with Gasteiger partial charge in [-0.15, -0.1) is 0 Å². The van der Waals surface area contributed by atoms with Gasteiger partial charge in [-0.2, -0.15) is 0 Å². The van der Waals surface area contributed by atoms with E-state index in [1.165, 1.54) is 0 Å². The third kappa shape index (κ3) is 2.31. The molecular weight excluding hydrogens is 114 g/mol. The number of rotatable bonds is 1. The maximum absolute atomic E-state index is 10.9. The minimum atomic E-state index is 0.0810. The van der Waals surface area contributed by atoms with E-state index in [0.717, 1.165) is 5.57 Å². The van der Waals surface area contributed by atoms with Crippen LogP contribution in [0.25, 0.3) is 0 Å². The average molecular weight is 127 g/mol. The fourth-order valence-corrected chi connectivity index (χ4v) is 0.476. The molecule has 0 heterocycles. The van der Waals surface area contributed by atoms with Crippen molar-refractivity contribution in [2.75, 3.05) is 14.1 Å². The van der Waals surface area contributed by atoms with Crippen LogP contribution < -0.4 is 0 Å². The Bertz CT molecular complexity index is 136. The van der Waals surface area contributed by atoms with Crippen molar-refractivity contribution < 1.29 is 4.79 Å². The second-order valence-electron chi connectivity index (χ2n) is 2.17. The van der Waals surface area contributed by atoms with Gasteiger partial charge in [0, 0.05) is 19.7 Å². The molecule has 0 saturated heterocycles. The highest BCUT2D eigenvalue weighted by Gasteiger charge is 2.02. The van der Waals surface area contributed by atoms with Gasteiger partial charge in [-0.1, -0.05) is 6.08 Å². The molecule has 9 heavy (non-hydrogen) atoms. The summed E-state index contributed by atoms with van der Waals surface area (Å²) in [5.74, 6) is 0.0810. The van der Waals surface area contributed by atoms with Crippen molar-refractivity contribution in [2.24, 2.45) is 0 Å².